The molecule has 2 amide bonds. The van der Waals surface area contributed by atoms with Crippen LogP contribution in [0, 0.1) is 5.92 Å². The summed E-state index contributed by atoms with van der Waals surface area (Å²) in [4.78, 5) is 26.3. The molecule has 0 radical (unpaired) electrons. The average molecular weight is 377 g/mol. The number of anilines is 1. The van der Waals surface area contributed by atoms with E-state index < -0.39 is 0 Å². The van der Waals surface area contributed by atoms with Crippen LogP contribution in [0.1, 0.15) is 37.6 Å². The molecule has 0 aliphatic carbocycles. The molecule has 2 N–H and O–H groups in total. The van der Waals surface area contributed by atoms with Gasteiger partial charge in [0.1, 0.15) is 12.4 Å². The van der Waals surface area contributed by atoms with Crippen molar-refractivity contribution in [3.05, 3.63) is 23.8 Å². The molecule has 1 aliphatic rings. The molecule has 7 nitrogen and oxygen atoms in total. The van der Waals surface area contributed by atoms with Crippen molar-refractivity contribution >= 4 is 17.5 Å². The Bertz CT molecular complexity index is 665. The maximum atomic E-state index is 13.0. The number of rotatable bonds is 3. The topological polar surface area (TPSA) is 79.9 Å². The van der Waals surface area contributed by atoms with Crippen molar-refractivity contribution in [2.45, 2.75) is 39.3 Å². The van der Waals surface area contributed by atoms with Gasteiger partial charge in [-0.3, -0.25) is 9.59 Å². The highest BCUT2D eigenvalue weighted by Crippen LogP contribution is 2.26. The van der Waals surface area contributed by atoms with E-state index in [-0.39, 0.29) is 29.9 Å². The predicted molar refractivity (Wildman–Crippen MR) is 105 cm³/mol. The Balaban J connectivity index is 2.34. The number of likely N-dealkylation sites (N-methyl/N-ethyl adjacent to an activating group) is 1. The highest BCUT2D eigenvalue weighted by atomic mass is 16.5. The van der Waals surface area contributed by atoms with Crippen molar-refractivity contribution in [3.8, 4) is 5.75 Å². The normalized spacial score (nSPS) is 24.3. The van der Waals surface area contributed by atoms with E-state index in [0.717, 1.165) is 6.54 Å². The second-order valence-corrected chi connectivity index (χ2v) is 7.17. The molecule has 150 valence electrons. The molecule has 7 heteroatoms. The first kappa shape index (κ1) is 21.2. The van der Waals surface area contributed by atoms with E-state index in [1.54, 1.807) is 44.2 Å². The molecule has 0 spiro atoms. The molecule has 0 aromatic heterocycles. The Morgan fingerprint density at radius 3 is 2.81 bits per heavy atom. The predicted octanol–water partition coefficient (Wildman–Crippen LogP) is 2.13. The summed E-state index contributed by atoms with van der Waals surface area (Å²) in [6.45, 7) is 7.61. The van der Waals surface area contributed by atoms with Crippen LogP contribution in [0.5, 0.6) is 5.75 Å². The third-order valence-electron chi connectivity index (χ3n) is 4.83. The minimum absolute atomic E-state index is 0.0643. The number of benzene rings is 1. The maximum absolute atomic E-state index is 13.0. The lowest BCUT2D eigenvalue weighted by atomic mass is 10.0. The average Bonchev–Trinajstić information content (AvgIpc) is 2.67. The van der Waals surface area contributed by atoms with Crippen LogP contribution in [0.15, 0.2) is 18.2 Å². The molecule has 27 heavy (non-hydrogen) atoms. The Labute approximate surface area is 161 Å². The van der Waals surface area contributed by atoms with Crippen molar-refractivity contribution in [2.24, 2.45) is 5.92 Å². The molecule has 1 aliphatic heterocycles. The van der Waals surface area contributed by atoms with E-state index in [9.17, 15) is 9.59 Å². The Morgan fingerprint density at radius 2 is 2.15 bits per heavy atom. The number of amides is 2. The number of nitrogens with one attached hydrogen (secondary N) is 2. The quantitative estimate of drug-likeness (QED) is 0.844. The van der Waals surface area contributed by atoms with Gasteiger partial charge in [-0.25, -0.2) is 0 Å². The molecule has 2 rings (SSSR count). The van der Waals surface area contributed by atoms with Crippen LogP contribution in [0.3, 0.4) is 0 Å². The van der Waals surface area contributed by atoms with Gasteiger partial charge in [0.2, 0.25) is 5.91 Å². The standard InChI is InChI=1S/C20H31N3O4/c1-6-19(24)22-15-7-8-16-17(9-15)27-12-14(3)21-10-13(2)18(26-5)11-23(4)20(16)25/h7-9,13-14,18,21H,6,10-12H2,1-5H3,(H,22,24)/t13-,14-,18+/m1/s1. The van der Waals surface area contributed by atoms with Crippen LogP contribution in [-0.2, 0) is 9.53 Å². The zero-order valence-electron chi connectivity index (χ0n) is 16.9. The van der Waals surface area contributed by atoms with E-state index >= 15 is 0 Å². The van der Waals surface area contributed by atoms with E-state index in [1.807, 2.05) is 6.92 Å². The molecule has 1 aromatic rings. The number of hydrogen-bond donors (Lipinski definition) is 2. The third-order valence-corrected chi connectivity index (χ3v) is 4.83. The minimum Gasteiger partial charge on any atom is -0.491 e. The molecule has 0 bridgehead atoms. The lowest BCUT2D eigenvalue weighted by molar-refractivity contribution is -0.115. The number of ether oxygens (including phenoxy) is 2. The third kappa shape index (κ3) is 5.68. The first-order valence-corrected chi connectivity index (χ1v) is 9.44. The van der Waals surface area contributed by atoms with Gasteiger partial charge in [-0.2, -0.15) is 0 Å². The Hall–Kier alpha value is -2.12. The van der Waals surface area contributed by atoms with Crippen LogP contribution in [-0.4, -0.2) is 62.7 Å². The SMILES string of the molecule is CCC(=O)Nc1ccc2c(c1)OC[C@@H](C)NC[C@@H](C)[C@@H](OC)CN(C)C2=O. The van der Waals surface area contributed by atoms with E-state index in [2.05, 4.69) is 17.6 Å². The molecule has 0 fully saturated rings. The number of carbonyl (C=O) groups is 2. The zero-order chi connectivity index (χ0) is 20.0. The van der Waals surface area contributed by atoms with Gasteiger partial charge in [-0.15, -0.1) is 0 Å². The van der Waals surface area contributed by atoms with Crippen LogP contribution in [0.4, 0.5) is 5.69 Å². The van der Waals surface area contributed by atoms with Crippen molar-refractivity contribution in [1.29, 1.82) is 0 Å². The summed E-state index contributed by atoms with van der Waals surface area (Å²) in [6.07, 6.45) is 0.322. The van der Waals surface area contributed by atoms with E-state index in [1.165, 1.54) is 0 Å². The largest absolute Gasteiger partial charge is 0.491 e. The summed E-state index contributed by atoms with van der Waals surface area (Å²) in [5.41, 5.74) is 1.09. The van der Waals surface area contributed by atoms with Gasteiger partial charge in [0.05, 0.1) is 11.7 Å². The van der Waals surface area contributed by atoms with Gasteiger partial charge < -0.3 is 25.0 Å². The molecule has 0 saturated carbocycles. The first-order valence-electron chi connectivity index (χ1n) is 9.44. The smallest absolute Gasteiger partial charge is 0.257 e. The monoisotopic (exact) mass is 377 g/mol. The molecule has 3 atom stereocenters. The van der Waals surface area contributed by atoms with Crippen LogP contribution in [0.2, 0.25) is 0 Å². The van der Waals surface area contributed by atoms with Crippen LogP contribution >= 0.6 is 0 Å². The lowest BCUT2D eigenvalue weighted by Crippen LogP contribution is -2.44. The molecule has 1 aromatic carbocycles. The summed E-state index contributed by atoms with van der Waals surface area (Å²) >= 11 is 0. The van der Waals surface area contributed by atoms with Gasteiger partial charge in [-0.05, 0) is 25.0 Å². The number of hydrogen-bond acceptors (Lipinski definition) is 5. The van der Waals surface area contributed by atoms with E-state index in [0.29, 0.717) is 36.6 Å². The molecule has 0 unspecified atom stereocenters. The zero-order valence-corrected chi connectivity index (χ0v) is 16.9. The van der Waals surface area contributed by atoms with Gasteiger partial charge in [0.25, 0.3) is 5.91 Å². The number of carbonyl (C=O) groups excluding carboxylic acids is 2. The summed E-state index contributed by atoms with van der Waals surface area (Å²) in [7, 11) is 3.44. The maximum Gasteiger partial charge on any atom is 0.257 e. The summed E-state index contributed by atoms with van der Waals surface area (Å²) in [5.74, 6) is 0.502. The van der Waals surface area contributed by atoms with Crippen LogP contribution in [0.25, 0.3) is 0 Å². The lowest BCUT2D eigenvalue weighted by Gasteiger charge is -2.30. The highest BCUT2D eigenvalue weighted by molar-refractivity contribution is 5.98. The molecule has 0 saturated heterocycles. The van der Waals surface area contributed by atoms with Gasteiger partial charge in [-0.1, -0.05) is 13.8 Å². The molecule has 1 heterocycles. The fourth-order valence-electron chi connectivity index (χ4n) is 2.98. The Morgan fingerprint density at radius 1 is 1.41 bits per heavy atom. The fraction of sp³-hybridized carbons (Fsp3) is 0.600. The number of fused-ring (bicyclic) bond motifs is 1. The highest BCUT2D eigenvalue weighted by Gasteiger charge is 2.25. The van der Waals surface area contributed by atoms with Crippen molar-refractivity contribution in [1.82, 2.24) is 10.2 Å². The number of nitrogens with zero attached hydrogens (tertiary/aromatic N) is 1. The van der Waals surface area contributed by atoms with Crippen molar-refractivity contribution in [3.63, 3.8) is 0 Å². The van der Waals surface area contributed by atoms with Crippen molar-refractivity contribution in [2.75, 3.05) is 39.2 Å². The van der Waals surface area contributed by atoms with Gasteiger partial charge >= 0.3 is 0 Å². The van der Waals surface area contributed by atoms with Crippen LogP contribution < -0.4 is 15.4 Å². The van der Waals surface area contributed by atoms with Gasteiger partial charge in [0, 0.05) is 51.5 Å². The summed E-state index contributed by atoms with van der Waals surface area (Å²) < 4.78 is 11.6. The van der Waals surface area contributed by atoms with Gasteiger partial charge in [0.15, 0.2) is 0 Å². The fourth-order valence-corrected chi connectivity index (χ4v) is 2.98. The summed E-state index contributed by atoms with van der Waals surface area (Å²) in [6, 6.07) is 5.25. The van der Waals surface area contributed by atoms with E-state index in [4.69, 9.17) is 9.47 Å². The van der Waals surface area contributed by atoms with Crippen molar-refractivity contribution < 1.29 is 19.1 Å². The Kier molecular flexibility index (Phi) is 7.62. The summed E-state index contributed by atoms with van der Waals surface area (Å²) in [5, 5.41) is 6.26. The molecular formula is C20H31N3O4. The molecular weight excluding hydrogens is 346 g/mol. The second kappa shape index (κ2) is 9.71. The first-order chi connectivity index (χ1) is 12.8. The minimum atomic E-state index is -0.131. The second-order valence-electron chi connectivity index (χ2n) is 7.17. The number of methoxy groups -OCH3 is 1.